The molecule has 0 amide bonds. The summed E-state index contributed by atoms with van der Waals surface area (Å²) < 4.78 is 0. The molecule has 12 heavy (non-hydrogen) atoms. The summed E-state index contributed by atoms with van der Waals surface area (Å²) in [5.41, 5.74) is 0. The molecule has 1 radical (unpaired) electrons. The van der Waals surface area contributed by atoms with Gasteiger partial charge in [-0.3, -0.25) is 0 Å². The van der Waals surface area contributed by atoms with Crippen LogP contribution in [0.3, 0.4) is 0 Å². The van der Waals surface area contributed by atoms with Crippen molar-refractivity contribution in [3.05, 3.63) is 6.92 Å². The Kier molecular flexibility index (Phi) is 7.51. The number of hydrogen-bond acceptors (Lipinski definition) is 2. The summed E-state index contributed by atoms with van der Waals surface area (Å²) in [5.74, 6) is 0. The van der Waals surface area contributed by atoms with E-state index in [0.717, 1.165) is 38.9 Å². The number of nitrogens with zero attached hydrogens (tertiary/aromatic N) is 1. The number of aliphatic hydroxyl groups is 1. The van der Waals surface area contributed by atoms with Crippen LogP contribution in [0.1, 0.15) is 33.1 Å². The highest BCUT2D eigenvalue weighted by Crippen LogP contribution is 2.02. The zero-order chi connectivity index (χ0) is 9.40. The van der Waals surface area contributed by atoms with Crippen molar-refractivity contribution < 1.29 is 5.11 Å². The average molecular weight is 172 g/mol. The van der Waals surface area contributed by atoms with E-state index >= 15 is 0 Å². The predicted octanol–water partition coefficient (Wildman–Crippen LogP) is 1.69. The fourth-order valence-corrected chi connectivity index (χ4v) is 1.25. The van der Waals surface area contributed by atoms with Gasteiger partial charge >= 0.3 is 0 Å². The van der Waals surface area contributed by atoms with Gasteiger partial charge in [-0.1, -0.05) is 33.6 Å². The topological polar surface area (TPSA) is 23.5 Å². The lowest BCUT2D eigenvalue weighted by Gasteiger charge is -2.21. The Morgan fingerprint density at radius 2 is 1.92 bits per heavy atom. The maximum Gasteiger partial charge on any atom is 0.0667 e. The van der Waals surface area contributed by atoms with Gasteiger partial charge in [0.2, 0.25) is 0 Å². The van der Waals surface area contributed by atoms with Crippen LogP contribution >= 0.6 is 0 Å². The third-order valence-corrected chi connectivity index (χ3v) is 2.15. The van der Waals surface area contributed by atoms with Crippen molar-refractivity contribution in [3.63, 3.8) is 0 Å². The Morgan fingerprint density at radius 1 is 1.33 bits per heavy atom. The first-order chi connectivity index (χ1) is 5.74. The monoisotopic (exact) mass is 172 g/mol. The third kappa shape index (κ3) is 5.56. The maximum atomic E-state index is 9.54. The molecule has 0 spiro atoms. The van der Waals surface area contributed by atoms with Crippen LogP contribution in [0.15, 0.2) is 0 Å². The number of hydrogen-bond donors (Lipinski definition) is 1. The molecule has 0 aliphatic heterocycles. The van der Waals surface area contributed by atoms with Crippen molar-refractivity contribution in [2.75, 3.05) is 19.6 Å². The first-order valence-corrected chi connectivity index (χ1v) is 4.94. The molecule has 0 rings (SSSR count). The molecular weight excluding hydrogens is 150 g/mol. The summed E-state index contributed by atoms with van der Waals surface area (Å²) in [6.07, 6.45) is 2.68. The van der Waals surface area contributed by atoms with Crippen LogP contribution in [0.5, 0.6) is 0 Å². The summed E-state index contributed by atoms with van der Waals surface area (Å²) >= 11 is 0. The van der Waals surface area contributed by atoms with E-state index in [1.807, 2.05) is 0 Å². The van der Waals surface area contributed by atoms with Gasteiger partial charge in [-0.25, -0.2) is 0 Å². The van der Waals surface area contributed by atoms with Gasteiger partial charge in [0.15, 0.2) is 0 Å². The van der Waals surface area contributed by atoms with Gasteiger partial charge in [0, 0.05) is 6.54 Å². The predicted molar refractivity (Wildman–Crippen MR) is 53.0 cm³/mol. The molecule has 0 fully saturated rings. The molecule has 1 atom stereocenters. The smallest absolute Gasteiger partial charge is 0.0667 e. The molecule has 1 unspecified atom stereocenters. The van der Waals surface area contributed by atoms with Crippen molar-refractivity contribution in [1.82, 2.24) is 4.90 Å². The fraction of sp³-hybridized carbons (Fsp3) is 0.900. The Balaban J connectivity index is 3.44. The summed E-state index contributed by atoms with van der Waals surface area (Å²) in [5, 5.41) is 9.54. The second-order valence-electron chi connectivity index (χ2n) is 3.14. The molecule has 0 bridgehead atoms. The highest BCUT2D eigenvalue weighted by Gasteiger charge is 2.07. The number of likely N-dealkylation sites (N-methyl/N-ethyl adjacent to an activating group) is 1. The van der Waals surface area contributed by atoms with Crippen molar-refractivity contribution in [2.45, 2.75) is 39.2 Å². The van der Waals surface area contributed by atoms with Crippen LogP contribution in [0, 0.1) is 6.92 Å². The standard InChI is InChI=1S/C10H22NO/c1-4-7-8-10(12)9-11(5-2)6-3/h10,12H,1,4-9H2,2-3H3. The normalized spacial score (nSPS) is 13.8. The minimum atomic E-state index is -0.161. The fourth-order valence-electron chi connectivity index (χ4n) is 1.25. The van der Waals surface area contributed by atoms with E-state index in [4.69, 9.17) is 0 Å². The van der Waals surface area contributed by atoms with E-state index in [1.54, 1.807) is 0 Å². The highest BCUT2D eigenvalue weighted by atomic mass is 16.3. The second-order valence-corrected chi connectivity index (χ2v) is 3.14. The Labute approximate surface area is 76.6 Å². The molecule has 1 N–H and O–H groups in total. The molecule has 0 aliphatic carbocycles. The number of rotatable bonds is 7. The van der Waals surface area contributed by atoms with Crippen LogP contribution in [0.25, 0.3) is 0 Å². The van der Waals surface area contributed by atoms with E-state index < -0.39 is 0 Å². The third-order valence-electron chi connectivity index (χ3n) is 2.15. The van der Waals surface area contributed by atoms with Crippen LogP contribution in [0.4, 0.5) is 0 Å². The zero-order valence-electron chi connectivity index (χ0n) is 8.42. The molecular formula is C10H22NO. The number of aliphatic hydroxyl groups excluding tert-OH is 1. The second kappa shape index (κ2) is 7.56. The lowest BCUT2D eigenvalue weighted by Crippen LogP contribution is -2.32. The van der Waals surface area contributed by atoms with Gasteiger partial charge < -0.3 is 10.0 Å². The average Bonchev–Trinajstić information content (AvgIpc) is 2.10. The van der Waals surface area contributed by atoms with E-state index in [1.165, 1.54) is 0 Å². The molecule has 0 aromatic carbocycles. The Bertz CT molecular complexity index is 91.8. The van der Waals surface area contributed by atoms with E-state index in [2.05, 4.69) is 25.7 Å². The SMILES string of the molecule is [CH2]CCCC(O)CN(CC)CC. The summed E-state index contributed by atoms with van der Waals surface area (Å²) in [6.45, 7) is 10.9. The maximum absolute atomic E-state index is 9.54. The lowest BCUT2D eigenvalue weighted by atomic mass is 10.1. The van der Waals surface area contributed by atoms with Gasteiger partial charge in [-0.15, -0.1) is 0 Å². The van der Waals surface area contributed by atoms with E-state index in [0.29, 0.717) is 0 Å². The van der Waals surface area contributed by atoms with Gasteiger partial charge in [0.25, 0.3) is 0 Å². The van der Waals surface area contributed by atoms with Gasteiger partial charge in [0.1, 0.15) is 0 Å². The molecule has 0 aromatic heterocycles. The van der Waals surface area contributed by atoms with Crippen LogP contribution < -0.4 is 0 Å². The molecule has 2 heteroatoms. The molecule has 2 nitrogen and oxygen atoms in total. The molecule has 0 saturated carbocycles. The summed E-state index contributed by atoms with van der Waals surface area (Å²) in [6, 6.07) is 0. The van der Waals surface area contributed by atoms with Crippen LogP contribution in [0.2, 0.25) is 0 Å². The summed E-state index contributed by atoms with van der Waals surface area (Å²) in [4.78, 5) is 2.24. The molecule has 73 valence electrons. The zero-order valence-corrected chi connectivity index (χ0v) is 8.42. The van der Waals surface area contributed by atoms with Crippen molar-refractivity contribution in [1.29, 1.82) is 0 Å². The van der Waals surface area contributed by atoms with Gasteiger partial charge in [-0.2, -0.15) is 0 Å². The minimum absolute atomic E-state index is 0.161. The Hall–Kier alpha value is -0.0800. The van der Waals surface area contributed by atoms with Crippen molar-refractivity contribution in [2.24, 2.45) is 0 Å². The number of unbranched alkanes of at least 4 members (excludes halogenated alkanes) is 1. The van der Waals surface area contributed by atoms with Crippen molar-refractivity contribution in [3.8, 4) is 0 Å². The first kappa shape index (κ1) is 11.9. The van der Waals surface area contributed by atoms with E-state index in [-0.39, 0.29) is 6.10 Å². The quantitative estimate of drug-likeness (QED) is 0.631. The van der Waals surface area contributed by atoms with Gasteiger partial charge in [0.05, 0.1) is 6.10 Å². The van der Waals surface area contributed by atoms with Crippen molar-refractivity contribution >= 4 is 0 Å². The summed E-state index contributed by atoms with van der Waals surface area (Å²) in [7, 11) is 0. The molecule has 0 heterocycles. The molecule has 0 aromatic rings. The van der Waals surface area contributed by atoms with Gasteiger partial charge in [-0.05, 0) is 19.5 Å². The van der Waals surface area contributed by atoms with E-state index in [9.17, 15) is 5.11 Å². The highest BCUT2D eigenvalue weighted by molar-refractivity contribution is 4.62. The largest absolute Gasteiger partial charge is 0.392 e. The minimum Gasteiger partial charge on any atom is -0.392 e. The first-order valence-electron chi connectivity index (χ1n) is 4.94. The lowest BCUT2D eigenvalue weighted by molar-refractivity contribution is 0.109. The van der Waals surface area contributed by atoms with Crippen LogP contribution in [-0.2, 0) is 0 Å². The molecule has 0 aliphatic rings. The molecule has 0 saturated heterocycles. The van der Waals surface area contributed by atoms with Crippen LogP contribution in [-0.4, -0.2) is 35.7 Å². The Morgan fingerprint density at radius 3 is 2.33 bits per heavy atom.